The van der Waals surface area contributed by atoms with E-state index in [1.807, 2.05) is 18.2 Å². The van der Waals surface area contributed by atoms with E-state index in [2.05, 4.69) is 4.98 Å². The molecule has 0 saturated carbocycles. The molecule has 0 bridgehead atoms. The van der Waals surface area contributed by atoms with E-state index in [1.165, 1.54) is 0 Å². The van der Waals surface area contributed by atoms with Gasteiger partial charge in [0.2, 0.25) is 0 Å². The molecular weight excluding hydrogens is 238 g/mol. The van der Waals surface area contributed by atoms with Crippen molar-refractivity contribution in [1.29, 1.82) is 0 Å². The van der Waals surface area contributed by atoms with Crippen LogP contribution in [0.2, 0.25) is 5.15 Å². The van der Waals surface area contributed by atoms with Gasteiger partial charge in [-0.25, -0.2) is 4.98 Å². The molecule has 0 aliphatic rings. The van der Waals surface area contributed by atoms with Crippen LogP contribution < -0.4 is 4.74 Å². The molecule has 0 N–H and O–H groups in total. The Hall–Kier alpha value is -1.61. The molecule has 2 rings (SSSR count). The minimum absolute atomic E-state index is 0.0225. The Morgan fingerprint density at radius 2 is 2.18 bits per heavy atom. The summed E-state index contributed by atoms with van der Waals surface area (Å²) < 4.78 is 5.25. The number of carbonyl (C=O) groups is 1. The van der Waals surface area contributed by atoms with Gasteiger partial charge >= 0.3 is 0 Å². The minimum Gasteiger partial charge on any atom is -0.496 e. The van der Waals surface area contributed by atoms with Crippen LogP contribution in [0.25, 0.3) is 10.8 Å². The van der Waals surface area contributed by atoms with Crippen molar-refractivity contribution in [3.63, 3.8) is 0 Å². The average molecular weight is 250 g/mol. The molecule has 3 nitrogen and oxygen atoms in total. The number of rotatable bonds is 3. The zero-order valence-corrected chi connectivity index (χ0v) is 10.4. The number of Topliss-reactive ketones (excluding diaryl/α,β-unsaturated/α-hetero) is 1. The quantitative estimate of drug-likeness (QED) is 0.617. The highest BCUT2D eigenvalue weighted by molar-refractivity contribution is 6.30. The molecule has 0 aliphatic heterocycles. The number of hydrogen-bond acceptors (Lipinski definition) is 3. The monoisotopic (exact) mass is 249 g/mol. The first-order valence-electron chi connectivity index (χ1n) is 5.33. The fourth-order valence-electron chi connectivity index (χ4n) is 1.78. The van der Waals surface area contributed by atoms with Crippen LogP contribution >= 0.6 is 11.6 Å². The molecule has 0 aliphatic carbocycles. The third-order valence-corrected chi connectivity index (χ3v) is 2.80. The van der Waals surface area contributed by atoms with Gasteiger partial charge in [-0.1, -0.05) is 30.7 Å². The fraction of sp³-hybridized carbons (Fsp3) is 0.231. The molecule has 0 radical (unpaired) electrons. The number of hydrogen-bond donors (Lipinski definition) is 0. The number of carbonyl (C=O) groups excluding carboxylic acids is 1. The van der Waals surface area contributed by atoms with Crippen LogP contribution in [-0.4, -0.2) is 17.9 Å². The van der Waals surface area contributed by atoms with E-state index in [1.54, 1.807) is 20.1 Å². The summed E-state index contributed by atoms with van der Waals surface area (Å²) in [6.45, 7) is 1.80. The minimum atomic E-state index is -0.0225. The summed E-state index contributed by atoms with van der Waals surface area (Å²) in [6, 6.07) is 7.23. The largest absolute Gasteiger partial charge is 0.496 e. The maximum Gasteiger partial charge on any atom is 0.181 e. The molecule has 17 heavy (non-hydrogen) atoms. The van der Waals surface area contributed by atoms with Crippen LogP contribution in [0.5, 0.6) is 5.75 Å². The van der Waals surface area contributed by atoms with Gasteiger partial charge in [-0.15, -0.1) is 0 Å². The predicted molar refractivity (Wildman–Crippen MR) is 67.9 cm³/mol. The Labute approximate surface area is 104 Å². The van der Waals surface area contributed by atoms with Crippen molar-refractivity contribution >= 4 is 28.2 Å². The van der Waals surface area contributed by atoms with Crippen LogP contribution in [0.3, 0.4) is 0 Å². The van der Waals surface area contributed by atoms with E-state index in [4.69, 9.17) is 16.3 Å². The van der Waals surface area contributed by atoms with Gasteiger partial charge in [0, 0.05) is 17.2 Å². The molecule has 0 atom stereocenters. The molecule has 1 aromatic heterocycles. The molecule has 0 fully saturated rings. The number of ether oxygens (including phenoxy) is 1. The highest BCUT2D eigenvalue weighted by Crippen LogP contribution is 2.29. The summed E-state index contributed by atoms with van der Waals surface area (Å²) in [5.74, 6) is 0.669. The van der Waals surface area contributed by atoms with Crippen LogP contribution in [0.15, 0.2) is 24.3 Å². The van der Waals surface area contributed by atoms with Crippen molar-refractivity contribution in [2.45, 2.75) is 13.3 Å². The van der Waals surface area contributed by atoms with Gasteiger partial charge in [0.1, 0.15) is 16.6 Å². The van der Waals surface area contributed by atoms with Crippen molar-refractivity contribution in [1.82, 2.24) is 4.98 Å². The van der Waals surface area contributed by atoms with Gasteiger partial charge in [0.15, 0.2) is 5.78 Å². The van der Waals surface area contributed by atoms with Crippen molar-refractivity contribution in [2.24, 2.45) is 0 Å². The molecule has 2 aromatic rings. The summed E-state index contributed by atoms with van der Waals surface area (Å²) in [5.41, 5.74) is 0.411. The Bertz CT molecular complexity index is 581. The lowest BCUT2D eigenvalue weighted by Crippen LogP contribution is -2.02. The summed E-state index contributed by atoms with van der Waals surface area (Å²) in [5, 5.41) is 1.89. The second kappa shape index (κ2) is 4.72. The topological polar surface area (TPSA) is 39.2 Å². The summed E-state index contributed by atoms with van der Waals surface area (Å²) in [7, 11) is 1.59. The third-order valence-electron chi connectivity index (χ3n) is 2.61. The fourth-order valence-corrected chi connectivity index (χ4v) is 1.97. The van der Waals surface area contributed by atoms with Crippen molar-refractivity contribution in [2.75, 3.05) is 7.11 Å². The molecule has 1 aromatic carbocycles. The second-order valence-electron chi connectivity index (χ2n) is 3.63. The van der Waals surface area contributed by atoms with Gasteiger partial charge in [-0.3, -0.25) is 4.79 Å². The molecule has 0 unspecified atom stereocenters. The molecular formula is C13H12ClNO2. The summed E-state index contributed by atoms with van der Waals surface area (Å²) in [6.07, 6.45) is 0.402. The van der Waals surface area contributed by atoms with Crippen molar-refractivity contribution in [3.05, 3.63) is 35.1 Å². The highest BCUT2D eigenvalue weighted by Gasteiger charge is 2.13. The van der Waals surface area contributed by atoms with Crippen molar-refractivity contribution in [3.8, 4) is 5.75 Å². The van der Waals surface area contributed by atoms with Gasteiger partial charge in [0.05, 0.1) is 7.11 Å². The molecule has 0 saturated heterocycles. The zero-order valence-electron chi connectivity index (χ0n) is 9.66. The smallest absolute Gasteiger partial charge is 0.181 e. The lowest BCUT2D eigenvalue weighted by atomic mass is 10.1. The Balaban J connectivity index is 2.81. The van der Waals surface area contributed by atoms with Gasteiger partial charge in [-0.05, 0) is 12.1 Å². The van der Waals surface area contributed by atoms with E-state index >= 15 is 0 Å². The average Bonchev–Trinajstić information content (AvgIpc) is 2.36. The molecule has 4 heteroatoms. The van der Waals surface area contributed by atoms with E-state index in [-0.39, 0.29) is 5.78 Å². The first-order chi connectivity index (χ1) is 8.17. The van der Waals surface area contributed by atoms with E-state index in [9.17, 15) is 4.79 Å². The molecule has 0 spiro atoms. The maximum atomic E-state index is 11.8. The number of pyridine rings is 1. The normalized spacial score (nSPS) is 10.5. The zero-order chi connectivity index (χ0) is 12.4. The number of benzene rings is 1. The number of fused-ring (bicyclic) bond motifs is 1. The predicted octanol–water partition coefficient (Wildman–Crippen LogP) is 3.49. The molecule has 88 valence electrons. The van der Waals surface area contributed by atoms with Gasteiger partial charge in [-0.2, -0.15) is 0 Å². The van der Waals surface area contributed by atoms with E-state index in [0.29, 0.717) is 23.0 Å². The third kappa shape index (κ3) is 2.11. The number of halogens is 1. The molecule has 0 amide bonds. The van der Waals surface area contributed by atoms with Crippen LogP contribution in [0.4, 0.5) is 0 Å². The Morgan fingerprint density at radius 3 is 2.82 bits per heavy atom. The van der Waals surface area contributed by atoms with E-state index < -0.39 is 0 Å². The Kier molecular flexibility index (Phi) is 3.29. The Morgan fingerprint density at radius 1 is 1.41 bits per heavy atom. The number of nitrogens with zero attached hydrogens (tertiary/aromatic N) is 1. The highest BCUT2D eigenvalue weighted by atomic mass is 35.5. The van der Waals surface area contributed by atoms with Gasteiger partial charge < -0.3 is 4.74 Å². The number of methoxy groups -OCH3 is 1. The van der Waals surface area contributed by atoms with E-state index in [0.717, 1.165) is 10.8 Å². The second-order valence-corrected chi connectivity index (χ2v) is 4.01. The molecule has 1 heterocycles. The van der Waals surface area contributed by atoms with Crippen LogP contribution in [0.1, 0.15) is 23.8 Å². The van der Waals surface area contributed by atoms with Gasteiger partial charge in [0.25, 0.3) is 0 Å². The summed E-state index contributed by atoms with van der Waals surface area (Å²) >= 11 is 5.93. The standard InChI is InChI=1S/C13H12ClNO2/c1-3-10(16)13-8-5-4-6-11(17-2)9(8)7-12(14)15-13/h4-7H,3H2,1-2H3. The number of aromatic nitrogens is 1. The maximum absolute atomic E-state index is 11.8. The SMILES string of the molecule is CCC(=O)c1nc(Cl)cc2c(OC)cccc12. The van der Waals surface area contributed by atoms with Crippen LogP contribution in [0, 0.1) is 0 Å². The van der Waals surface area contributed by atoms with Crippen LogP contribution in [-0.2, 0) is 0 Å². The first kappa shape index (κ1) is 11.9. The lowest BCUT2D eigenvalue weighted by Gasteiger charge is -2.08. The lowest BCUT2D eigenvalue weighted by molar-refractivity contribution is 0.0985. The van der Waals surface area contributed by atoms with Crippen molar-refractivity contribution < 1.29 is 9.53 Å². The first-order valence-corrected chi connectivity index (χ1v) is 5.71. The summed E-state index contributed by atoms with van der Waals surface area (Å²) in [4.78, 5) is 15.9. The number of ketones is 1.